The van der Waals surface area contributed by atoms with Crippen molar-refractivity contribution in [2.45, 2.75) is 13.1 Å². The Balaban J connectivity index is 1.68. The Morgan fingerprint density at radius 3 is 2.40 bits per heavy atom. The van der Waals surface area contributed by atoms with Crippen LogP contribution in [0.1, 0.15) is 21.6 Å². The maximum atomic E-state index is 13.1. The van der Waals surface area contributed by atoms with Crippen LogP contribution in [0.4, 0.5) is 0 Å². The monoisotopic (exact) mass is 484 g/mol. The number of aromatic nitrogens is 1. The number of halogens is 1. The van der Waals surface area contributed by atoms with Gasteiger partial charge in [0.25, 0.3) is 5.91 Å². The van der Waals surface area contributed by atoms with E-state index in [2.05, 4.69) is 21.2 Å². The molecule has 0 unspecified atom stereocenters. The highest BCUT2D eigenvalue weighted by Crippen LogP contribution is 2.34. The number of thiophene rings is 1. The summed E-state index contributed by atoms with van der Waals surface area (Å²) >= 11 is 5.24. The van der Waals surface area contributed by atoms with Crippen molar-refractivity contribution < 1.29 is 14.3 Å². The van der Waals surface area contributed by atoms with Gasteiger partial charge in [0.15, 0.2) is 0 Å². The van der Waals surface area contributed by atoms with Crippen LogP contribution in [0.3, 0.4) is 0 Å². The fourth-order valence-corrected chi connectivity index (χ4v) is 5.09. The van der Waals surface area contributed by atoms with E-state index in [4.69, 9.17) is 9.47 Å². The zero-order chi connectivity index (χ0) is 21.1. The molecule has 154 valence electrons. The fraction of sp³-hybridized carbons (Fsp3) is 0.174. The first-order valence-corrected chi connectivity index (χ1v) is 11.1. The number of nitrogens with one attached hydrogen (secondary N) is 1. The van der Waals surface area contributed by atoms with E-state index in [9.17, 15) is 4.79 Å². The van der Waals surface area contributed by atoms with Gasteiger partial charge in [-0.05, 0) is 45.3 Å². The second-order valence-electron chi connectivity index (χ2n) is 6.80. The summed E-state index contributed by atoms with van der Waals surface area (Å²) in [5, 5.41) is 5.08. The third-order valence-corrected chi connectivity index (χ3v) is 6.68. The summed E-state index contributed by atoms with van der Waals surface area (Å²) in [6.45, 7) is 0.993. The van der Waals surface area contributed by atoms with Crippen LogP contribution in [0, 0.1) is 0 Å². The Bertz CT molecular complexity index is 1160. The van der Waals surface area contributed by atoms with Crippen LogP contribution in [0.15, 0.2) is 64.5 Å². The molecule has 0 fully saturated rings. The molecule has 0 aliphatic carbocycles. The summed E-state index contributed by atoms with van der Waals surface area (Å²) in [6, 6.07) is 17.6. The number of carbonyl (C=O) groups is 1. The van der Waals surface area contributed by atoms with Crippen molar-refractivity contribution in [1.29, 1.82) is 0 Å². The van der Waals surface area contributed by atoms with Crippen molar-refractivity contribution in [3.8, 4) is 11.5 Å². The Kier molecular flexibility index (Phi) is 6.11. The third kappa shape index (κ3) is 4.22. The normalized spacial score (nSPS) is 10.9. The van der Waals surface area contributed by atoms with E-state index < -0.39 is 0 Å². The molecule has 0 aliphatic heterocycles. The summed E-state index contributed by atoms with van der Waals surface area (Å²) in [4.78, 5) is 13.1. The highest BCUT2D eigenvalue weighted by molar-refractivity contribution is 9.10. The number of fused-ring (bicyclic) bond motifs is 1. The van der Waals surface area contributed by atoms with Crippen LogP contribution in [-0.2, 0) is 13.1 Å². The molecule has 2 heterocycles. The first-order chi connectivity index (χ1) is 14.6. The van der Waals surface area contributed by atoms with E-state index >= 15 is 0 Å². The Hall–Kier alpha value is -2.77. The first kappa shape index (κ1) is 20.5. The van der Waals surface area contributed by atoms with Crippen LogP contribution in [0.5, 0.6) is 11.5 Å². The minimum Gasteiger partial charge on any atom is -0.497 e. The van der Waals surface area contributed by atoms with Gasteiger partial charge < -0.3 is 19.4 Å². The van der Waals surface area contributed by atoms with Crippen molar-refractivity contribution in [2.75, 3.05) is 14.2 Å². The van der Waals surface area contributed by atoms with E-state index in [-0.39, 0.29) is 5.91 Å². The molecule has 0 atom stereocenters. The lowest BCUT2D eigenvalue weighted by Crippen LogP contribution is -2.25. The number of methoxy groups -OCH3 is 2. The molecule has 4 aromatic rings. The minimum absolute atomic E-state index is 0.107. The van der Waals surface area contributed by atoms with Crippen molar-refractivity contribution in [1.82, 2.24) is 9.88 Å². The molecule has 2 aromatic carbocycles. The number of hydrogen-bond acceptors (Lipinski definition) is 4. The maximum Gasteiger partial charge on any atom is 0.268 e. The van der Waals surface area contributed by atoms with Gasteiger partial charge in [-0.1, -0.05) is 30.3 Å². The molecule has 1 amide bonds. The average Bonchev–Trinajstić information content (AvgIpc) is 3.32. The second-order valence-corrected chi connectivity index (χ2v) is 8.57. The highest BCUT2D eigenvalue weighted by atomic mass is 79.9. The first-order valence-electron chi connectivity index (χ1n) is 9.39. The van der Waals surface area contributed by atoms with Gasteiger partial charge in [-0.2, -0.15) is 0 Å². The SMILES string of the molecule is COc1cc(Cn2c(C(=O)NCc3ccccc3)cc3scc(Br)c32)cc(OC)c1. The molecule has 1 N–H and O–H groups in total. The van der Waals surface area contributed by atoms with Gasteiger partial charge >= 0.3 is 0 Å². The van der Waals surface area contributed by atoms with Gasteiger partial charge in [0.05, 0.1) is 28.9 Å². The van der Waals surface area contributed by atoms with Crippen LogP contribution >= 0.6 is 27.3 Å². The molecule has 0 spiro atoms. The molecule has 4 rings (SSSR count). The van der Waals surface area contributed by atoms with Gasteiger partial charge in [-0.25, -0.2) is 0 Å². The molecule has 0 saturated heterocycles. The lowest BCUT2D eigenvalue weighted by molar-refractivity contribution is 0.0942. The van der Waals surface area contributed by atoms with Crippen LogP contribution in [0.25, 0.3) is 10.2 Å². The lowest BCUT2D eigenvalue weighted by Gasteiger charge is -2.13. The van der Waals surface area contributed by atoms with Gasteiger partial charge in [0.1, 0.15) is 17.2 Å². The Labute approximate surface area is 187 Å². The van der Waals surface area contributed by atoms with Gasteiger partial charge in [-0.15, -0.1) is 11.3 Å². The number of amides is 1. The molecule has 30 heavy (non-hydrogen) atoms. The molecule has 0 saturated carbocycles. The number of rotatable bonds is 7. The van der Waals surface area contributed by atoms with Gasteiger partial charge in [0, 0.05) is 24.5 Å². The Morgan fingerprint density at radius 1 is 1.03 bits per heavy atom. The number of carbonyl (C=O) groups excluding carboxylic acids is 1. The maximum absolute atomic E-state index is 13.1. The number of ether oxygens (including phenoxy) is 2. The topological polar surface area (TPSA) is 52.5 Å². The molecule has 2 aromatic heterocycles. The predicted molar refractivity (Wildman–Crippen MR) is 124 cm³/mol. The molecule has 7 heteroatoms. The number of benzene rings is 2. The zero-order valence-electron chi connectivity index (χ0n) is 16.6. The van der Waals surface area contributed by atoms with E-state index in [1.165, 1.54) is 0 Å². The smallest absolute Gasteiger partial charge is 0.268 e. The minimum atomic E-state index is -0.107. The summed E-state index contributed by atoms with van der Waals surface area (Å²) < 4.78 is 14.9. The summed E-state index contributed by atoms with van der Waals surface area (Å²) in [5.74, 6) is 1.32. The number of nitrogens with zero attached hydrogens (tertiary/aromatic N) is 1. The average molecular weight is 485 g/mol. The molecule has 5 nitrogen and oxygen atoms in total. The Morgan fingerprint density at radius 2 is 1.73 bits per heavy atom. The second kappa shape index (κ2) is 8.93. The molecule has 0 bridgehead atoms. The molecular formula is C23H21BrN2O3S. The van der Waals surface area contributed by atoms with Crippen LogP contribution < -0.4 is 14.8 Å². The predicted octanol–water partition coefficient (Wildman–Crippen LogP) is 5.46. The number of hydrogen-bond donors (Lipinski definition) is 1. The van der Waals surface area contributed by atoms with Crippen LogP contribution in [0.2, 0.25) is 0 Å². The molecule has 0 aliphatic rings. The fourth-order valence-electron chi connectivity index (χ4n) is 3.39. The van der Waals surface area contributed by atoms with Gasteiger partial charge in [0.2, 0.25) is 0 Å². The van der Waals surface area contributed by atoms with E-state index in [0.717, 1.165) is 25.8 Å². The van der Waals surface area contributed by atoms with Crippen molar-refractivity contribution in [3.63, 3.8) is 0 Å². The molecular weight excluding hydrogens is 464 g/mol. The lowest BCUT2D eigenvalue weighted by atomic mass is 10.2. The van der Waals surface area contributed by atoms with Crippen LogP contribution in [-0.4, -0.2) is 24.7 Å². The quantitative estimate of drug-likeness (QED) is 0.378. The summed E-state index contributed by atoms with van der Waals surface area (Å²) in [5.41, 5.74) is 3.67. The zero-order valence-corrected chi connectivity index (χ0v) is 19.0. The largest absolute Gasteiger partial charge is 0.497 e. The standard InChI is InChI=1S/C23H21BrN2O3S/c1-28-17-8-16(9-18(10-17)29-2)13-26-20(11-21-22(26)19(24)14-30-21)23(27)25-12-15-6-4-3-5-7-15/h3-11,14H,12-13H2,1-2H3,(H,25,27). The van der Waals surface area contributed by atoms with Gasteiger partial charge in [-0.3, -0.25) is 4.79 Å². The molecule has 0 radical (unpaired) electrons. The van der Waals surface area contributed by atoms with E-state index in [1.807, 2.05) is 64.5 Å². The van der Waals surface area contributed by atoms with Crippen molar-refractivity contribution in [2.24, 2.45) is 0 Å². The summed E-state index contributed by atoms with van der Waals surface area (Å²) in [7, 11) is 3.26. The van der Waals surface area contributed by atoms with E-state index in [1.54, 1.807) is 25.6 Å². The summed E-state index contributed by atoms with van der Waals surface area (Å²) in [6.07, 6.45) is 0. The van der Waals surface area contributed by atoms with E-state index in [0.29, 0.717) is 30.3 Å². The van der Waals surface area contributed by atoms with Crippen molar-refractivity contribution in [3.05, 3.63) is 81.3 Å². The highest BCUT2D eigenvalue weighted by Gasteiger charge is 2.19. The third-order valence-electron chi connectivity index (χ3n) is 4.86. The van der Waals surface area contributed by atoms with Crippen molar-refractivity contribution >= 4 is 43.4 Å².